The van der Waals surface area contributed by atoms with Gasteiger partial charge in [-0.1, -0.05) is 11.6 Å². The van der Waals surface area contributed by atoms with Crippen LogP contribution in [0.3, 0.4) is 0 Å². The summed E-state index contributed by atoms with van der Waals surface area (Å²) in [5.41, 5.74) is -0.500. The first-order valence-corrected chi connectivity index (χ1v) is 6.96. The topological polar surface area (TPSA) is 116 Å². The van der Waals surface area contributed by atoms with Crippen LogP contribution in [-0.4, -0.2) is 33.0 Å². The molecule has 0 radical (unpaired) electrons. The van der Waals surface area contributed by atoms with Gasteiger partial charge in [-0.3, -0.25) is 14.9 Å². The molecule has 1 aromatic rings. The molecule has 0 amide bonds. The Labute approximate surface area is 111 Å². The van der Waals surface area contributed by atoms with Gasteiger partial charge in [-0.05, 0) is 0 Å². The second-order valence-electron chi connectivity index (χ2n) is 2.88. The minimum Gasteiger partial charge on any atom is -0.468 e. The summed E-state index contributed by atoms with van der Waals surface area (Å²) in [7, 11) is -2.92. The van der Waals surface area contributed by atoms with Gasteiger partial charge in [0.15, 0.2) is 4.34 Å². The Bertz CT molecular complexity index is 581. The number of hydrogen-bond acceptors (Lipinski definition) is 7. The van der Waals surface area contributed by atoms with Gasteiger partial charge in [0.25, 0.3) is 15.7 Å². The average molecular weight is 315 g/mol. The number of carbonyl (C=O) groups excluding carboxylic acids is 1. The standard InChI is InChI=1S/C7H7ClN2O6S2/c1-16-5(11)3-9-18(14,15)6-2-4(10(12)13)7(8)17-6/h2,9H,3H2,1H3. The van der Waals surface area contributed by atoms with E-state index in [0.717, 1.165) is 13.2 Å². The number of methoxy groups -OCH3 is 1. The lowest BCUT2D eigenvalue weighted by atomic mass is 10.6. The molecule has 8 nitrogen and oxygen atoms in total. The number of nitrogens with zero attached hydrogens (tertiary/aromatic N) is 1. The van der Waals surface area contributed by atoms with Gasteiger partial charge >= 0.3 is 5.97 Å². The number of sulfonamides is 1. The first-order chi connectivity index (χ1) is 8.27. The molecule has 100 valence electrons. The summed E-state index contributed by atoms with van der Waals surface area (Å²) in [4.78, 5) is 20.5. The van der Waals surface area contributed by atoms with Gasteiger partial charge in [-0.2, -0.15) is 4.72 Å². The maximum atomic E-state index is 11.7. The highest BCUT2D eigenvalue weighted by Crippen LogP contribution is 2.35. The maximum Gasteiger partial charge on any atom is 0.320 e. The fraction of sp³-hybridized carbons (Fsp3) is 0.286. The molecule has 0 bridgehead atoms. The van der Waals surface area contributed by atoms with E-state index in [1.807, 2.05) is 4.72 Å². The summed E-state index contributed by atoms with van der Waals surface area (Å²) >= 11 is 6.06. The minimum absolute atomic E-state index is 0.251. The molecule has 1 heterocycles. The van der Waals surface area contributed by atoms with E-state index >= 15 is 0 Å². The van der Waals surface area contributed by atoms with Crippen molar-refractivity contribution >= 4 is 44.6 Å². The third-order valence-electron chi connectivity index (χ3n) is 1.74. The number of rotatable bonds is 5. The number of carbonyl (C=O) groups is 1. The summed E-state index contributed by atoms with van der Waals surface area (Å²) in [5, 5.41) is 10.5. The molecule has 0 fully saturated rings. The van der Waals surface area contributed by atoms with Crippen molar-refractivity contribution in [1.82, 2.24) is 4.72 Å². The Morgan fingerprint density at radius 2 is 2.28 bits per heavy atom. The van der Waals surface area contributed by atoms with Crippen molar-refractivity contribution in [1.29, 1.82) is 0 Å². The lowest BCUT2D eigenvalue weighted by molar-refractivity contribution is -0.384. The Balaban J connectivity index is 2.95. The van der Waals surface area contributed by atoms with Crippen LogP contribution in [0.25, 0.3) is 0 Å². The van der Waals surface area contributed by atoms with Crippen molar-refractivity contribution in [3.8, 4) is 0 Å². The lowest BCUT2D eigenvalue weighted by Gasteiger charge is -2.02. The Kier molecular flexibility index (Phi) is 4.62. The molecule has 18 heavy (non-hydrogen) atoms. The van der Waals surface area contributed by atoms with Crippen LogP contribution in [0.1, 0.15) is 0 Å². The first-order valence-electron chi connectivity index (χ1n) is 4.28. The molecule has 1 N–H and O–H groups in total. The smallest absolute Gasteiger partial charge is 0.320 e. The summed E-state index contributed by atoms with van der Waals surface area (Å²) in [5.74, 6) is -0.782. The third-order valence-corrected chi connectivity index (χ3v) is 4.95. The molecule has 0 aliphatic heterocycles. The fourth-order valence-corrected chi connectivity index (χ4v) is 3.57. The number of hydrogen-bond donors (Lipinski definition) is 1. The van der Waals surface area contributed by atoms with Gasteiger partial charge in [0.05, 0.1) is 12.0 Å². The second-order valence-corrected chi connectivity index (χ2v) is 6.53. The van der Waals surface area contributed by atoms with Crippen molar-refractivity contribution in [3.05, 3.63) is 20.5 Å². The van der Waals surface area contributed by atoms with Crippen molar-refractivity contribution in [3.63, 3.8) is 0 Å². The molecule has 0 aliphatic carbocycles. The zero-order valence-electron chi connectivity index (χ0n) is 8.88. The van der Waals surface area contributed by atoms with E-state index in [-0.39, 0.29) is 8.55 Å². The first kappa shape index (κ1) is 14.8. The predicted molar refractivity (Wildman–Crippen MR) is 63.2 cm³/mol. The monoisotopic (exact) mass is 314 g/mol. The van der Waals surface area contributed by atoms with Gasteiger partial charge in [0.2, 0.25) is 0 Å². The summed E-state index contributed by atoms with van der Waals surface area (Å²) in [6.45, 7) is -0.567. The van der Waals surface area contributed by atoms with Crippen LogP contribution < -0.4 is 4.72 Å². The van der Waals surface area contributed by atoms with E-state index in [9.17, 15) is 23.3 Å². The van der Waals surface area contributed by atoms with Crippen LogP contribution >= 0.6 is 22.9 Å². The highest BCUT2D eigenvalue weighted by atomic mass is 35.5. The molecule has 0 atom stereocenters. The number of ether oxygens (including phenoxy) is 1. The van der Waals surface area contributed by atoms with Crippen molar-refractivity contribution in [2.24, 2.45) is 0 Å². The van der Waals surface area contributed by atoms with Crippen molar-refractivity contribution in [2.45, 2.75) is 4.21 Å². The highest BCUT2D eigenvalue weighted by Gasteiger charge is 2.25. The fourth-order valence-electron chi connectivity index (χ4n) is 0.893. The van der Waals surface area contributed by atoms with Gasteiger partial charge in [-0.15, -0.1) is 11.3 Å². The molecule has 1 aromatic heterocycles. The maximum absolute atomic E-state index is 11.7. The van der Waals surface area contributed by atoms with Crippen LogP contribution in [0.15, 0.2) is 10.3 Å². The Morgan fingerprint density at radius 3 is 2.72 bits per heavy atom. The van der Waals surface area contributed by atoms with Gasteiger partial charge in [0, 0.05) is 6.07 Å². The van der Waals surface area contributed by atoms with Crippen molar-refractivity contribution < 1.29 is 22.9 Å². The average Bonchev–Trinajstić information content (AvgIpc) is 2.69. The molecule has 0 saturated heterocycles. The molecule has 0 spiro atoms. The van der Waals surface area contributed by atoms with Crippen molar-refractivity contribution in [2.75, 3.05) is 13.7 Å². The molecule has 11 heteroatoms. The SMILES string of the molecule is COC(=O)CNS(=O)(=O)c1cc([N+](=O)[O-])c(Cl)s1. The minimum atomic E-state index is -4.02. The zero-order chi connectivity index (χ0) is 13.9. The Morgan fingerprint density at radius 1 is 1.67 bits per heavy atom. The number of esters is 1. The van der Waals surface area contributed by atoms with E-state index in [1.165, 1.54) is 0 Å². The largest absolute Gasteiger partial charge is 0.468 e. The quantitative estimate of drug-likeness (QED) is 0.487. The van der Waals surface area contributed by atoms with Crippen LogP contribution in [0.2, 0.25) is 4.34 Å². The predicted octanol–water partition coefficient (Wildman–Crippen LogP) is 0.761. The molecule has 0 aliphatic rings. The summed E-state index contributed by atoms with van der Waals surface area (Å²) < 4.78 is 28.9. The van der Waals surface area contributed by atoms with E-state index in [0.29, 0.717) is 11.3 Å². The number of nitrogens with one attached hydrogen (secondary N) is 1. The van der Waals surface area contributed by atoms with E-state index in [4.69, 9.17) is 11.6 Å². The van der Waals surface area contributed by atoms with E-state index in [2.05, 4.69) is 4.74 Å². The van der Waals surface area contributed by atoms with Crippen LogP contribution in [-0.2, 0) is 19.6 Å². The van der Waals surface area contributed by atoms with E-state index in [1.54, 1.807) is 0 Å². The summed E-state index contributed by atoms with van der Waals surface area (Å²) in [6.07, 6.45) is 0. The number of halogens is 1. The van der Waals surface area contributed by atoms with Gasteiger partial charge < -0.3 is 4.74 Å². The molecular formula is C7H7ClN2O6S2. The van der Waals surface area contributed by atoms with Crippen LogP contribution in [0.4, 0.5) is 5.69 Å². The van der Waals surface area contributed by atoms with Crippen LogP contribution in [0.5, 0.6) is 0 Å². The normalized spacial score (nSPS) is 11.2. The number of nitro groups is 1. The molecular weight excluding hydrogens is 308 g/mol. The third kappa shape index (κ3) is 3.38. The second kappa shape index (κ2) is 5.61. The molecule has 1 rings (SSSR count). The summed E-state index contributed by atoms with van der Waals surface area (Å²) in [6, 6.07) is 0.826. The Hall–Kier alpha value is -1.23. The van der Waals surface area contributed by atoms with E-state index < -0.39 is 33.1 Å². The van der Waals surface area contributed by atoms with Gasteiger partial charge in [-0.25, -0.2) is 8.42 Å². The molecule has 0 saturated carbocycles. The highest BCUT2D eigenvalue weighted by molar-refractivity contribution is 7.91. The number of thiophene rings is 1. The molecule has 0 unspecified atom stereocenters. The zero-order valence-corrected chi connectivity index (χ0v) is 11.3. The lowest BCUT2D eigenvalue weighted by Crippen LogP contribution is -2.29. The van der Waals surface area contributed by atoms with Crippen LogP contribution in [0, 0.1) is 10.1 Å². The van der Waals surface area contributed by atoms with Gasteiger partial charge in [0.1, 0.15) is 10.8 Å². The molecule has 0 aromatic carbocycles.